The van der Waals surface area contributed by atoms with Gasteiger partial charge in [0.15, 0.2) is 11.4 Å². The fourth-order valence-electron chi connectivity index (χ4n) is 3.52. The molecule has 0 atom stereocenters. The van der Waals surface area contributed by atoms with E-state index >= 15 is 0 Å². The number of benzene rings is 1. The summed E-state index contributed by atoms with van der Waals surface area (Å²) in [5.41, 5.74) is 3.45. The van der Waals surface area contributed by atoms with E-state index < -0.39 is 24.8 Å². The highest BCUT2D eigenvalue weighted by Gasteiger charge is 2.30. The molecular weight excluding hydrogens is 439 g/mol. The number of rotatable bonds is 7. The molecule has 1 aromatic carbocycles. The largest absolute Gasteiger partial charge is 0.496 e. The van der Waals surface area contributed by atoms with E-state index in [1.165, 1.54) is 14.2 Å². The second kappa shape index (κ2) is 8.57. The molecule has 0 amide bonds. The van der Waals surface area contributed by atoms with Crippen LogP contribution in [-0.4, -0.2) is 50.6 Å². The Labute approximate surface area is 186 Å². The molecule has 33 heavy (non-hydrogen) atoms. The number of hydrogen-bond acceptors (Lipinski definition) is 6. The number of aryl methyl sites for hydroxylation is 1. The number of ether oxygens (including phenoxy) is 2. The van der Waals surface area contributed by atoms with Gasteiger partial charge in [0.2, 0.25) is 0 Å². The maximum atomic E-state index is 12.6. The first-order chi connectivity index (χ1) is 15.7. The number of methoxy groups -OCH3 is 2. The van der Waals surface area contributed by atoms with Gasteiger partial charge in [0, 0.05) is 48.7 Å². The molecule has 0 saturated carbocycles. The van der Waals surface area contributed by atoms with Crippen LogP contribution in [0, 0.1) is 0 Å². The quantitative estimate of drug-likeness (QED) is 0.383. The molecule has 0 aliphatic heterocycles. The van der Waals surface area contributed by atoms with Gasteiger partial charge in [-0.05, 0) is 17.7 Å². The molecule has 0 aliphatic rings. The van der Waals surface area contributed by atoms with Crippen LogP contribution in [0.4, 0.5) is 13.2 Å². The number of Topliss-reactive ketones (excluding diaryl/α,β-unsaturated/α-hetero) is 1. The highest BCUT2D eigenvalue weighted by molar-refractivity contribution is 6.02. The molecule has 0 unspecified atom stereocenters. The van der Waals surface area contributed by atoms with Crippen molar-refractivity contribution in [3.05, 3.63) is 48.7 Å². The molecule has 0 saturated heterocycles. The minimum atomic E-state index is -4.44. The highest BCUT2D eigenvalue weighted by Crippen LogP contribution is 2.38. The second-order valence-electron chi connectivity index (χ2n) is 7.37. The summed E-state index contributed by atoms with van der Waals surface area (Å²) in [4.78, 5) is 17.1. The number of fused-ring (bicyclic) bond motifs is 1. The number of carbonyl (C=O) groups excluding carboxylic acids is 1. The van der Waals surface area contributed by atoms with Gasteiger partial charge in [0.1, 0.15) is 17.1 Å². The molecule has 3 aromatic heterocycles. The number of hydrogen-bond donors (Lipinski definition) is 0. The molecular formula is C22H20F3N5O3. The van der Waals surface area contributed by atoms with Crippen molar-refractivity contribution >= 4 is 11.4 Å². The molecule has 0 aliphatic carbocycles. The average molecular weight is 459 g/mol. The first-order valence-electron chi connectivity index (χ1n) is 9.89. The third-order valence-corrected chi connectivity index (χ3v) is 5.13. The molecule has 0 radical (unpaired) electrons. The minimum absolute atomic E-state index is 0.0312. The molecule has 0 spiro atoms. The van der Waals surface area contributed by atoms with Gasteiger partial charge in [0.05, 0.1) is 33.0 Å². The zero-order valence-corrected chi connectivity index (χ0v) is 18.1. The Morgan fingerprint density at radius 2 is 1.64 bits per heavy atom. The number of ketones is 1. The fourth-order valence-corrected chi connectivity index (χ4v) is 3.52. The molecule has 0 bridgehead atoms. The summed E-state index contributed by atoms with van der Waals surface area (Å²) < 4.78 is 51.8. The topological polar surface area (TPSA) is 83.5 Å². The molecule has 0 fully saturated rings. The molecule has 0 N–H and O–H groups in total. The van der Waals surface area contributed by atoms with Crippen molar-refractivity contribution < 1.29 is 27.4 Å². The van der Waals surface area contributed by atoms with Crippen molar-refractivity contribution in [3.8, 4) is 33.8 Å². The zero-order valence-electron chi connectivity index (χ0n) is 18.1. The summed E-state index contributed by atoms with van der Waals surface area (Å²) >= 11 is 0. The Kier molecular flexibility index (Phi) is 5.79. The lowest BCUT2D eigenvalue weighted by Crippen LogP contribution is -2.12. The van der Waals surface area contributed by atoms with Crippen LogP contribution in [0.5, 0.6) is 11.5 Å². The van der Waals surface area contributed by atoms with Crippen LogP contribution < -0.4 is 9.47 Å². The maximum absolute atomic E-state index is 12.6. The lowest BCUT2D eigenvalue weighted by atomic mass is 9.99. The number of nitrogens with zero attached hydrogens (tertiary/aromatic N) is 5. The van der Waals surface area contributed by atoms with E-state index in [2.05, 4.69) is 15.2 Å². The van der Waals surface area contributed by atoms with Gasteiger partial charge in [-0.15, -0.1) is 0 Å². The second-order valence-corrected chi connectivity index (χ2v) is 7.37. The lowest BCUT2D eigenvalue weighted by molar-refractivity contribution is -0.133. The van der Waals surface area contributed by atoms with Crippen molar-refractivity contribution in [1.82, 2.24) is 24.4 Å². The normalized spacial score (nSPS) is 11.7. The Bertz CT molecular complexity index is 1300. The summed E-state index contributed by atoms with van der Waals surface area (Å²) in [5, 5.41) is 8.52. The van der Waals surface area contributed by atoms with E-state index in [0.29, 0.717) is 16.8 Å². The number of aromatic nitrogens is 5. The Balaban J connectivity index is 1.74. The van der Waals surface area contributed by atoms with Gasteiger partial charge in [0.25, 0.3) is 0 Å². The monoisotopic (exact) mass is 459 g/mol. The highest BCUT2D eigenvalue weighted by atomic mass is 19.4. The van der Waals surface area contributed by atoms with Gasteiger partial charge in [-0.3, -0.25) is 9.48 Å². The molecule has 172 valence electrons. The van der Waals surface area contributed by atoms with E-state index in [0.717, 1.165) is 11.1 Å². The molecule has 11 heteroatoms. The van der Waals surface area contributed by atoms with Crippen LogP contribution in [0.3, 0.4) is 0 Å². The van der Waals surface area contributed by atoms with E-state index in [1.807, 2.05) is 19.4 Å². The molecule has 4 aromatic rings. The average Bonchev–Trinajstić information content (AvgIpc) is 3.41. The molecule has 3 heterocycles. The van der Waals surface area contributed by atoms with Crippen molar-refractivity contribution in [2.24, 2.45) is 7.05 Å². The van der Waals surface area contributed by atoms with E-state index in [9.17, 15) is 18.0 Å². The van der Waals surface area contributed by atoms with Gasteiger partial charge in [-0.25, -0.2) is 9.50 Å². The lowest BCUT2D eigenvalue weighted by Gasteiger charge is -2.15. The summed E-state index contributed by atoms with van der Waals surface area (Å²) in [7, 11) is 4.50. The van der Waals surface area contributed by atoms with Crippen LogP contribution in [0.1, 0.15) is 23.2 Å². The summed E-state index contributed by atoms with van der Waals surface area (Å²) in [6.07, 6.45) is 2.33. The summed E-state index contributed by atoms with van der Waals surface area (Å²) in [5.74, 6) is -0.489. The van der Waals surface area contributed by atoms with Crippen molar-refractivity contribution in [3.63, 3.8) is 0 Å². The number of carbonyl (C=O) groups is 1. The third kappa shape index (κ3) is 4.52. The third-order valence-electron chi connectivity index (χ3n) is 5.13. The van der Waals surface area contributed by atoms with Crippen LogP contribution in [0.15, 0.2) is 43.1 Å². The van der Waals surface area contributed by atoms with Crippen molar-refractivity contribution in [1.29, 1.82) is 0 Å². The minimum Gasteiger partial charge on any atom is -0.496 e. The SMILES string of the molecule is COc1cc(-c2cnn3cc(-c4cnn(C)c4)cnc23)cc(OC)c1C(=O)CCC(F)(F)F. The Morgan fingerprint density at radius 3 is 2.21 bits per heavy atom. The van der Waals surface area contributed by atoms with Crippen molar-refractivity contribution in [2.75, 3.05) is 14.2 Å². The Hall–Kier alpha value is -3.89. The van der Waals surface area contributed by atoms with Crippen LogP contribution >= 0.6 is 0 Å². The summed E-state index contributed by atoms with van der Waals surface area (Å²) in [6.45, 7) is 0. The molecule has 4 rings (SSSR count). The van der Waals surface area contributed by atoms with E-state index in [4.69, 9.17) is 9.47 Å². The fraction of sp³-hybridized carbons (Fsp3) is 0.273. The van der Waals surface area contributed by atoms with Gasteiger partial charge in [-0.2, -0.15) is 23.4 Å². The Morgan fingerprint density at radius 1 is 0.970 bits per heavy atom. The number of halogens is 3. The first-order valence-corrected chi connectivity index (χ1v) is 9.89. The maximum Gasteiger partial charge on any atom is 0.389 e. The van der Waals surface area contributed by atoms with Crippen molar-refractivity contribution in [2.45, 2.75) is 19.0 Å². The first kappa shape index (κ1) is 22.3. The summed E-state index contributed by atoms with van der Waals surface area (Å²) in [6, 6.07) is 3.13. The van der Waals surface area contributed by atoms with Gasteiger partial charge in [-0.1, -0.05) is 0 Å². The smallest absolute Gasteiger partial charge is 0.389 e. The predicted molar refractivity (Wildman–Crippen MR) is 113 cm³/mol. The van der Waals surface area contributed by atoms with E-state index in [-0.39, 0.29) is 17.1 Å². The van der Waals surface area contributed by atoms with E-state index in [1.54, 1.807) is 39.9 Å². The predicted octanol–water partition coefficient (Wildman–Crippen LogP) is 4.34. The van der Waals surface area contributed by atoms with Gasteiger partial charge >= 0.3 is 6.18 Å². The van der Waals surface area contributed by atoms with Gasteiger partial charge < -0.3 is 9.47 Å². The van der Waals surface area contributed by atoms with Crippen LogP contribution in [-0.2, 0) is 7.05 Å². The standard InChI is InChI=1S/C22H20F3N5O3/c1-29-11-15(9-27-29)14-8-26-21-16(10-28-30(21)12-14)13-6-18(32-2)20(19(7-13)33-3)17(31)4-5-22(23,24)25/h6-12H,4-5H2,1-3H3. The number of alkyl halides is 3. The van der Waals surface area contributed by atoms with Crippen LogP contribution in [0.25, 0.3) is 27.9 Å². The zero-order chi connectivity index (χ0) is 23.8. The molecule has 8 nitrogen and oxygen atoms in total. The van der Waals surface area contributed by atoms with Crippen LogP contribution in [0.2, 0.25) is 0 Å².